The van der Waals surface area contributed by atoms with Crippen molar-refractivity contribution in [2.24, 2.45) is 0 Å². The lowest BCUT2D eigenvalue weighted by Gasteiger charge is -2.07. The van der Waals surface area contributed by atoms with E-state index in [1.54, 1.807) is 0 Å². The Morgan fingerprint density at radius 1 is 0.913 bits per heavy atom. The summed E-state index contributed by atoms with van der Waals surface area (Å²) in [5, 5.41) is 0.0938. The first kappa shape index (κ1) is 15.2. The Balaban J connectivity index is 1.73. The van der Waals surface area contributed by atoms with Gasteiger partial charge in [0.05, 0.1) is 7.11 Å². The number of ether oxygens (including phenoxy) is 2. The lowest BCUT2D eigenvalue weighted by molar-refractivity contribution is 0.306. The zero-order valence-electron chi connectivity index (χ0n) is 12.4. The minimum absolute atomic E-state index is 0.0938. The van der Waals surface area contributed by atoms with Crippen molar-refractivity contribution in [2.45, 2.75) is 6.61 Å². The first-order valence-corrected chi connectivity index (χ1v) is 7.35. The van der Waals surface area contributed by atoms with Crippen LogP contribution in [0.1, 0.15) is 5.56 Å². The van der Waals surface area contributed by atoms with E-state index in [-0.39, 0.29) is 11.3 Å². The normalized spacial score (nSPS) is 10.3. The Morgan fingerprint density at radius 3 is 2.35 bits per heavy atom. The second kappa shape index (κ2) is 7.07. The highest BCUT2D eigenvalue weighted by Gasteiger charge is 2.07. The zero-order chi connectivity index (χ0) is 16.1. The Kier molecular flexibility index (Phi) is 4.68. The Morgan fingerprint density at radius 2 is 1.65 bits per heavy atom. The fourth-order valence-corrected chi connectivity index (χ4v) is 2.15. The van der Waals surface area contributed by atoms with Gasteiger partial charge in [-0.15, -0.1) is 0 Å². The van der Waals surface area contributed by atoms with Crippen molar-refractivity contribution in [1.82, 2.24) is 15.0 Å². The minimum atomic E-state index is 0.0938. The predicted molar refractivity (Wildman–Crippen MR) is 87.6 cm³/mol. The molecule has 116 valence electrons. The van der Waals surface area contributed by atoms with Crippen LogP contribution < -0.4 is 9.47 Å². The van der Waals surface area contributed by atoms with Crippen LogP contribution in [0.15, 0.2) is 54.6 Å². The molecule has 0 bridgehead atoms. The largest absolute Gasteiger partial charge is 0.489 e. The van der Waals surface area contributed by atoms with E-state index in [4.69, 9.17) is 21.1 Å². The topological polar surface area (TPSA) is 57.1 Å². The number of nitrogens with zero attached hydrogens (tertiary/aromatic N) is 3. The number of hydrogen-bond acceptors (Lipinski definition) is 5. The van der Waals surface area contributed by atoms with E-state index in [1.807, 2.05) is 54.6 Å². The number of benzene rings is 2. The molecule has 0 aliphatic carbocycles. The van der Waals surface area contributed by atoms with E-state index in [2.05, 4.69) is 15.0 Å². The van der Waals surface area contributed by atoms with Crippen LogP contribution in [0, 0.1) is 0 Å². The molecule has 0 saturated heterocycles. The van der Waals surface area contributed by atoms with Gasteiger partial charge >= 0.3 is 6.01 Å². The van der Waals surface area contributed by atoms with E-state index in [0.29, 0.717) is 12.4 Å². The molecular formula is C17H14ClN3O2. The molecule has 0 unspecified atom stereocenters. The smallest absolute Gasteiger partial charge is 0.321 e. The summed E-state index contributed by atoms with van der Waals surface area (Å²) in [6, 6.07) is 17.6. The maximum atomic E-state index is 5.86. The molecule has 2 aromatic carbocycles. The fourth-order valence-electron chi connectivity index (χ4n) is 1.99. The lowest BCUT2D eigenvalue weighted by Crippen LogP contribution is -1.98. The molecule has 3 rings (SSSR count). The second-order valence-electron chi connectivity index (χ2n) is 4.71. The molecule has 0 N–H and O–H groups in total. The summed E-state index contributed by atoms with van der Waals surface area (Å²) < 4.78 is 10.7. The van der Waals surface area contributed by atoms with Gasteiger partial charge in [-0.25, -0.2) is 0 Å². The van der Waals surface area contributed by atoms with E-state index in [0.717, 1.165) is 16.9 Å². The van der Waals surface area contributed by atoms with Crippen molar-refractivity contribution in [3.8, 4) is 23.1 Å². The zero-order valence-corrected chi connectivity index (χ0v) is 13.2. The van der Waals surface area contributed by atoms with E-state index < -0.39 is 0 Å². The van der Waals surface area contributed by atoms with Gasteiger partial charge in [-0.1, -0.05) is 30.3 Å². The van der Waals surface area contributed by atoms with Crippen molar-refractivity contribution >= 4 is 11.6 Å². The number of rotatable bonds is 5. The molecule has 3 aromatic rings. The van der Waals surface area contributed by atoms with Crippen LogP contribution in [0.2, 0.25) is 5.28 Å². The van der Waals surface area contributed by atoms with Gasteiger partial charge in [-0.05, 0) is 41.4 Å². The van der Waals surface area contributed by atoms with Crippen LogP contribution in [0.4, 0.5) is 0 Å². The third kappa shape index (κ3) is 3.96. The van der Waals surface area contributed by atoms with Crippen molar-refractivity contribution in [2.75, 3.05) is 7.11 Å². The molecule has 6 heteroatoms. The quantitative estimate of drug-likeness (QED) is 0.713. The molecule has 1 heterocycles. The molecular weight excluding hydrogens is 314 g/mol. The summed E-state index contributed by atoms with van der Waals surface area (Å²) in [7, 11) is 1.48. The highest BCUT2D eigenvalue weighted by Crippen LogP contribution is 2.22. The van der Waals surface area contributed by atoms with Gasteiger partial charge in [0.15, 0.2) is 5.82 Å². The third-order valence-electron chi connectivity index (χ3n) is 3.13. The van der Waals surface area contributed by atoms with Gasteiger partial charge in [0, 0.05) is 5.56 Å². The van der Waals surface area contributed by atoms with E-state index in [9.17, 15) is 0 Å². The van der Waals surface area contributed by atoms with Crippen molar-refractivity contribution < 1.29 is 9.47 Å². The maximum Gasteiger partial charge on any atom is 0.321 e. The van der Waals surface area contributed by atoms with E-state index >= 15 is 0 Å². The SMILES string of the molecule is COc1nc(Cl)nc(-c2ccc(OCc3ccccc3)cc2)n1. The molecule has 0 saturated carbocycles. The Bertz CT molecular complexity index is 780. The average Bonchev–Trinajstić information content (AvgIpc) is 2.60. The Labute approximate surface area is 138 Å². The van der Waals surface area contributed by atoms with Crippen molar-refractivity contribution in [3.05, 3.63) is 65.4 Å². The van der Waals surface area contributed by atoms with Crippen LogP contribution >= 0.6 is 11.6 Å². The van der Waals surface area contributed by atoms with Gasteiger partial charge in [0.1, 0.15) is 12.4 Å². The lowest BCUT2D eigenvalue weighted by atomic mass is 10.2. The summed E-state index contributed by atoms with van der Waals surface area (Å²) >= 11 is 5.86. The van der Waals surface area contributed by atoms with Crippen molar-refractivity contribution in [1.29, 1.82) is 0 Å². The van der Waals surface area contributed by atoms with E-state index in [1.165, 1.54) is 7.11 Å². The van der Waals surface area contributed by atoms with Crippen LogP contribution in [-0.4, -0.2) is 22.1 Å². The monoisotopic (exact) mass is 327 g/mol. The van der Waals surface area contributed by atoms with Gasteiger partial charge in [-0.3, -0.25) is 0 Å². The fraction of sp³-hybridized carbons (Fsp3) is 0.118. The molecule has 0 amide bonds. The van der Waals surface area contributed by atoms with Crippen LogP contribution in [0.5, 0.6) is 11.8 Å². The van der Waals surface area contributed by atoms with Gasteiger partial charge in [0.25, 0.3) is 0 Å². The molecule has 5 nitrogen and oxygen atoms in total. The standard InChI is InChI=1S/C17H14ClN3O2/c1-22-17-20-15(19-16(18)21-17)13-7-9-14(10-8-13)23-11-12-5-3-2-4-6-12/h2-10H,11H2,1H3. The average molecular weight is 328 g/mol. The van der Waals surface area contributed by atoms with Crippen LogP contribution in [0.25, 0.3) is 11.4 Å². The number of hydrogen-bond donors (Lipinski definition) is 0. The minimum Gasteiger partial charge on any atom is -0.489 e. The summed E-state index contributed by atoms with van der Waals surface area (Å²) in [5.41, 5.74) is 1.92. The molecule has 0 radical (unpaired) electrons. The molecule has 0 atom stereocenters. The second-order valence-corrected chi connectivity index (χ2v) is 5.05. The predicted octanol–water partition coefficient (Wildman–Crippen LogP) is 3.78. The molecule has 0 aliphatic heterocycles. The summed E-state index contributed by atoms with van der Waals surface area (Å²) in [5.74, 6) is 1.22. The highest BCUT2D eigenvalue weighted by atomic mass is 35.5. The van der Waals surface area contributed by atoms with Crippen LogP contribution in [0.3, 0.4) is 0 Å². The Hall–Kier alpha value is -2.66. The van der Waals surface area contributed by atoms with Crippen molar-refractivity contribution in [3.63, 3.8) is 0 Å². The summed E-state index contributed by atoms with van der Waals surface area (Å²) in [4.78, 5) is 12.1. The summed E-state index contributed by atoms with van der Waals surface area (Å²) in [6.45, 7) is 0.519. The van der Waals surface area contributed by atoms with Gasteiger partial charge in [-0.2, -0.15) is 15.0 Å². The maximum absolute atomic E-state index is 5.86. The number of methoxy groups -OCH3 is 1. The molecule has 0 aliphatic rings. The summed E-state index contributed by atoms with van der Waals surface area (Å²) in [6.07, 6.45) is 0. The number of halogens is 1. The van der Waals surface area contributed by atoms with Crippen LogP contribution in [-0.2, 0) is 6.61 Å². The first-order chi connectivity index (χ1) is 11.2. The molecule has 0 spiro atoms. The molecule has 23 heavy (non-hydrogen) atoms. The van der Waals surface area contributed by atoms with Gasteiger partial charge < -0.3 is 9.47 Å². The highest BCUT2D eigenvalue weighted by molar-refractivity contribution is 6.28. The number of aromatic nitrogens is 3. The van der Waals surface area contributed by atoms with Gasteiger partial charge in [0.2, 0.25) is 5.28 Å². The first-order valence-electron chi connectivity index (χ1n) is 6.97. The molecule has 1 aromatic heterocycles. The molecule has 0 fully saturated rings. The third-order valence-corrected chi connectivity index (χ3v) is 3.30.